The fourth-order valence-electron chi connectivity index (χ4n) is 2.34. The highest BCUT2D eigenvalue weighted by molar-refractivity contribution is 5.49. The Hall–Kier alpha value is -1.26. The van der Waals surface area contributed by atoms with Crippen LogP contribution < -0.4 is 9.47 Å². The van der Waals surface area contributed by atoms with Crippen LogP contribution in [0.4, 0.5) is 0 Å². The van der Waals surface area contributed by atoms with Gasteiger partial charge in [-0.25, -0.2) is 0 Å². The molecule has 4 nitrogen and oxygen atoms in total. The van der Waals surface area contributed by atoms with Crippen LogP contribution in [0.25, 0.3) is 0 Å². The molecule has 3 atom stereocenters. The van der Waals surface area contributed by atoms with E-state index in [0.29, 0.717) is 12.1 Å². The van der Waals surface area contributed by atoms with Gasteiger partial charge in [0.2, 0.25) is 0 Å². The molecule has 0 aliphatic carbocycles. The van der Waals surface area contributed by atoms with E-state index in [4.69, 9.17) is 42.4 Å². The van der Waals surface area contributed by atoms with E-state index in [1.807, 2.05) is 0 Å². The highest BCUT2D eigenvalue weighted by atomic mass is 16.5. The Kier molecular flexibility index (Phi) is 1.24. The number of methoxy groups -OCH3 is 2. The summed E-state index contributed by atoms with van der Waals surface area (Å²) in [4.78, 5) is -0.418. The van der Waals surface area contributed by atoms with Crippen molar-refractivity contribution in [2.45, 2.75) is 51.9 Å². The predicted molar refractivity (Wildman–Crippen MR) is 95.7 cm³/mol. The van der Waals surface area contributed by atoms with Crippen LogP contribution in [0, 0.1) is 11.3 Å². The minimum atomic E-state index is -4.66. The van der Waals surface area contributed by atoms with Crippen LogP contribution >= 0.6 is 0 Å². The van der Waals surface area contributed by atoms with Crippen LogP contribution in [0.5, 0.6) is 11.5 Å². The predicted octanol–water partition coefficient (Wildman–Crippen LogP) is 3.42. The molecule has 0 radical (unpaired) electrons. The lowest BCUT2D eigenvalue weighted by molar-refractivity contribution is -0.0259. The summed E-state index contributed by atoms with van der Waals surface area (Å²) >= 11 is 0. The summed E-state index contributed by atoms with van der Waals surface area (Å²) in [6.07, 6.45) is -16.9. The first-order chi connectivity index (χ1) is 20.6. The van der Waals surface area contributed by atoms with Crippen LogP contribution in [-0.2, 0) is 6.37 Å². The van der Waals surface area contributed by atoms with E-state index in [2.05, 4.69) is 0 Å². The van der Waals surface area contributed by atoms with E-state index in [1.54, 1.807) is 0 Å². The van der Waals surface area contributed by atoms with E-state index in [-0.39, 0.29) is 6.92 Å². The number of ether oxygens (including phenoxy) is 2. The lowest BCUT2D eigenvalue weighted by Crippen LogP contribution is -2.48. The Balaban J connectivity index is 2.60. The van der Waals surface area contributed by atoms with Crippen LogP contribution in [-0.4, -0.2) is 43.2 Å². The van der Waals surface area contributed by atoms with Crippen molar-refractivity contribution in [1.82, 2.24) is 4.90 Å². The molecular formula is C20H31NO3. The number of piperidine rings is 1. The zero-order chi connectivity index (χ0) is 38.3. The molecule has 0 aromatic heterocycles. The van der Waals surface area contributed by atoms with Gasteiger partial charge in [0.15, 0.2) is 11.5 Å². The molecule has 1 fully saturated rings. The van der Waals surface area contributed by atoms with Crippen LogP contribution in [0.15, 0.2) is 12.1 Å². The molecule has 3 unspecified atom stereocenters. The first-order valence-corrected chi connectivity index (χ1v) is 6.73. The molecule has 4 heteroatoms. The smallest absolute Gasteiger partial charge is 0.161 e. The number of nitrogens with zero attached hydrogens (tertiary/aromatic N) is 1. The van der Waals surface area contributed by atoms with Gasteiger partial charge in [-0.1, -0.05) is 20.6 Å². The molecule has 1 saturated heterocycles. The van der Waals surface area contributed by atoms with Crippen molar-refractivity contribution < 1.29 is 47.5 Å². The van der Waals surface area contributed by atoms with Crippen molar-refractivity contribution >= 4 is 0 Å². The lowest BCUT2D eigenvalue weighted by Gasteiger charge is -2.47. The van der Waals surface area contributed by atoms with Crippen molar-refractivity contribution in [2.75, 3.05) is 27.1 Å². The maximum absolute atomic E-state index is 11.6. The van der Waals surface area contributed by atoms with Crippen molar-refractivity contribution in [1.29, 1.82) is 0 Å². The highest BCUT2D eigenvalue weighted by Crippen LogP contribution is 2.44. The second kappa shape index (κ2) is 6.57. The first kappa shape index (κ1) is 4.52. The number of aryl methyl sites for hydroxylation is 1. The second-order valence-electron chi connectivity index (χ2n) is 5.33. The molecular weight excluding hydrogens is 302 g/mol. The molecule has 0 spiro atoms. The number of aliphatic hydroxyl groups is 1. The molecule has 24 heavy (non-hydrogen) atoms. The van der Waals surface area contributed by atoms with Crippen LogP contribution in [0.1, 0.15) is 83.4 Å². The lowest BCUT2D eigenvalue weighted by atomic mass is 9.75. The van der Waals surface area contributed by atoms with Gasteiger partial charge < -0.3 is 14.6 Å². The monoisotopic (exact) mass is 357 g/mol. The summed E-state index contributed by atoms with van der Waals surface area (Å²) in [5.41, 5.74) is -5.90. The van der Waals surface area contributed by atoms with Gasteiger partial charge in [-0.15, -0.1) is 0 Å². The third-order valence-corrected chi connectivity index (χ3v) is 3.32. The average Bonchev–Trinajstić information content (AvgIpc) is 2.81. The fraction of sp³-hybridized carbons (Fsp3) is 0.700. The summed E-state index contributed by atoms with van der Waals surface area (Å²) in [6, 6.07) is -1.97. The number of benzene rings is 1. The fourth-order valence-corrected chi connectivity index (χ4v) is 2.34. The van der Waals surface area contributed by atoms with Crippen molar-refractivity contribution in [3.05, 3.63) is 23.3 Å². The number of rotatable bonds is 3. The molecule has 2 heterocycles. The van der Waals surface area contributed by atoms with Crippen LogP contribution in [0.2, 0.25) is 0 Å². The van der Waals surface area contributed by atoms with Gasteiger partial charge in [-0.05, 0) is 53.7 Å². The Bertz CT molecular complexity index is 1420. The summed E-state index contributed by atoms with van der Waals surface area (Å²) in [6.45, 7) is -16.1. The van der Waals surface area contributed by atoms with E-state index in [9.17, 15) is 5.11 Å². The molecule has 1 aromatic carbocycles. The summed E-state index contributed by atoms with van der Waals surface area (Å²) in [5.74, 6) is -6.76. The Labute approximate surface area is 179 Å². The average molecular weight is 358 g/mol. The topological polar surface area (TPSA) is 41.9 Å². The zero-order valence-corrected chi connectivity index (χ0v) is 12.4. The summed E-state index contributed by atoms with van der Waals surface area (Å²) in [5, 5.41) is 11.6. The maximum Gasteiger partial charge on any atom is 0.161 e. The molecule has 1 aromatic rings. The van der Waals surface area contributed by atoms with Gasteiger partial charge in [0, 0.05) is 42.3 Å². The third kappa shape index (κ3) is 3.40. The molecule has 2 aliphatic heterocycles. The Morgan fingerprint density at radius 1 is 1.42 bits per heavy atom. The van der Waals surface area contributed by atoms with Gasteiger partial charge in [0.25, 0.3) is 0 Å². The Morgan fingerprint density at radius 2 is 2.17 bits per heavy atom. The molecule has 3 rings (SSSR count). The van der Waals surface area contributed by atoms with E-state index in [0.717, 1.165) is 0 Å². The molecule has 134 valence electrons. The number of hydrogen-bond donors (Lipinski definition) is 1. The summed E-state index contributed by atoms with van der Waals surface area (Å²) < 4.78 is 207. The van der Waals surface area contributed by atoms with Gasteiger partial charge in [-0.3, -0.25) is 4.90 Å². The molecule has 1 N–H and O–H groups in total. The Morgan fingerprint density at radius 3 is 2.88 bits per heavy atom. The number of hydrogen-bond acceptors (Lipinski definition) is 4. The van der Waals surface area contributed by atoms with E-state index in [1.165, 1.54) is 0 Å². The molecule has 2 aliphatic rings. The molecule has 0 bridgehead atoms. The van der Waals surface area contributed by atoms with Crippen LogP contribution in [0.3, 0.4) is 0 Å². The van der Waals surface area contributed by atoms with Gasteiger partial charge in [0.05, 0.1) is 29.8 Å². The molecule has 0 amide bonds. The van der Waals surface area contributed by atoms with Crippen molar-refractivity contribution in [3.8, 4) is 11.5 Å². The SMILES string of the molecule is [2H]C([2H])([2H])Oc1cc2c(cc1OC([2H])([2H])[2H])C([2H])([2H])C([2H])([2H])N1C2C([2H])([2H])C([2H])(O)C([2H])(C([2H])([2H])C(C)(C([2H])([2H])[2H])C([2H])([2H])[2H])C1([2H])[2H]. The molecule has 0 saturated carbocycles. The van der Waals surface area contributed by atoms with Gasteiger partial charge >= 0.3 is 0 Å². The summed E-state index contributed by atoms with van der Waals surface area (Å²) in [7, 11) is -6.76. The second-order valence-corrected chi connectivity index (χ2v) is 5.33. The van der Waals surface area contributed by atoms with E-state index >= 15 is 0 Å². The minimum absolute atomic E-state index is 0.238. The highest BCUT2D eigenvalue weighted by Gasteiger charge is 2.39. The first-order valence-electron chi connectivity index (χ1n) is 18.7. The zero-order valence-electron chi connectivity index (χ0n) is 36.4. The third-order valence-electron chi connectivity index (χ3n) is 3.32. The quantitative estimate of drug-likeness (QED) is 0.900. The van der Waals surface area contributed by atoms with Gasteiger partial charge in [0.1, 0.15) is 0 Å². The van der Waals surface area contributed by atoms with Gasteiger partial charge in [-0.2, -0.15) is 0 Å². The largest absolute Gasteiger partial charge is 0.493 e. The maximum atomic E-state index is 11.6. The number of fused-ring (bicyclic) bond motifs is 3. The van der Waals surface area contributed by atoms with Crippen molar-refractivity contribution in [3.63, 3.8) is 0 Å². The minimum Gasteiger partial charge on any atom is -0.493 e. The standard InChI is InChI=1S/C20H31NO3/c1-20(2,3)11-14-12-21-7-6-13-8-18(23-4)19(24-5)9-15(13)16(21)10-17(14)22/h8-9,14,16-17,22H,6-7,10-12H2,1-5H3/i1D3,2D3,4D3,5D3,6D2,7D2,10D2,11D2,12D2,14D,17D. The normalized spacial score (nSPS) is 59.3. The van der Waals surface area contributed by atoms with E-state index < -0.39 is 111 Å². The van der Waals surface area contributed by atoms with Crippen molar-refractivity contribution in [2.24, 2.45) is 11.3 Å².